The Labute approximate surface area is 161 Å². The molecule has 1 aliphatic rings. The SMILES string of the molecule is CCN1C(=O)C(C)(C)COc2ccc(NS(=O)(=O)c3ccc(Cl)s3)cc21. The van der Waals surface area contributed by atoms with Crippen LogP contribution < -0.4 is 14.4 Å². The van der Waals surface area contributed by atoms with Crippen LogP contribution in [0.5, 0.6) is 5.75 Å². The van der Waals surface area contributed by atoms with Crippen LogP contribution in [0.2, 0.25) is 4.34 Å². The van der Waals surface area contributed by atoms with Gasteiger partial charge in [0, 0.05) is 6.54 Å². The number of hydrogen-bond acceptors (Lipinski definition) is 5. The Bertz CT molecular complexity index is 953. The molecule has 0 atom stereocenters. The second-order valence-corrected chi connectivity index (χ2v) is 10.2. The highest BCUT2D eigenvalue weighted by molar-refractivity contribution is 7.94. The number of amides is 1. The fraction of sp³-hybridized carbons (Fsp3) is 0.353. The summed E-state index contributed by atoms with van der Waals surface area (Å²) in [5.74, 6) is 0.483. The maximum atomic E-state index is 12.8. The van der Waals surface area contributed by atoms with Crippen molar-refractivity contribution >= 4 is 50.2 Å². The van der Waals surface area contributed by atoms with Gasteiger partial charge in [-0.25, -0.2) is 8.42 Å². The summed E-state index contributed by atoms with van der Waals surface area (Å²) in [6, 6.07) is 7.89. The molecule has 1 aromatic carbocycles. The zero-order chi connectivity index (χ0) is 19.1. The van der Waals surface area contributed by atoms with Crippen LogP contribution in [0.4, 0.5) is 11.4 Å². The maximum Gasteiger partial charge on any atom is 0.271 e. The molecule has 2 aromatic rings. The van der Waals surface area contributed by atoms with Crippen molar-refractivity contribution in [3.05, 3.63) is 34.7 Å². The zero-order valence-electron chi connectivity index (χ0n) is 14.6. The molecule has 0 saturated carbocycles. The van der Waals surface area contributed by atoms with Crippen LogP contribution in [0.1, 0.15) is 20.8 Å². The molecule has 6 nitrogen and oxygen atoms in total. The number of carbonyl (C=O) groups is 1. The van der Waals surface area contributed by atoms with Gasteiger partial charge in [0.15, 0.2) is 0 Å². The molecule has 1 amide bonds. The van der Waals surface area contributed by atoms with Crippen molar-refractivity contribution in [2.75, 3.05) is 22.8 Å². The molecule has 1 N–H and O–H groups in total. The van der Waals surface area contributed by atoms with Crippen LogP contribution >= 0.6 is 22.9 Å². The second kappa shape index (κ2) is 6.75. The van der Waals surface area contributed by atoms with Crippen molar-refractivity contribution in [3.63, 3.8) is 0 Å². The van der Waals surface area contributed by atoms with E-state index in [0.717, 1.165) is 11.3 Å². The largest absolute Gasteiger partial charge is 0.490 e. The quantitative estimate of drug-likeness (QED) is 0.821. The van der Waals surface area contributed by atoms with Gasteiger partial charge in [-0.05, 0) is 51.1 Å². The summed E-state index contributed by atoms with van der Waals surface area (Å²) >= 11 is 6.81. The Morgan fingerprint density at radius 3 is 2.65 bits per heavy atom. The van der Waals surface area contributed by atoms with Gasteiger partial charge in [0.2, 0.25) is 5.91 Å². The van der Waals surface area contributed by atoms with Gasteiger partial charge >= 0.3 is 0 Å². The van der Waals surface area contributed by atoms with Gasteiger partial charge in [0.1, 0.15) is 16.6 Å². The first kappa shape index (κ1) is 19.0. The number of nitrogens with one attached hydrogen (secondary N) is 1. The Morgan fingerprint density at radius 2 is 2.04 bits per heavy atom. The minimum Gasteiger partial charge on any atom is -0.490 e. The molecule has 0 spiro atoms. The molecule has 0 saturated heterocycles. The summed E-state index contributed by atoms with van der Waals surface area (Å²) in [5, 5.41) is 0. The van der Waals surface area contributed by atoms with E-state index >= 15 is 0 Å². The maximum absolute atomic E-state index is 12.8. The Morgan fingerprint density at radius 1 is 1.31 bits per heavy atom. The van der Waals surface area contributed by atoms with E-state index in [9.17, 15) is 13.2 Å². The van der Waals surface area contributed by atoms with Crippen molar-refractivity contribution in [1.29, 1.82) is 0 Å². The predicted molar refractivity (Wildman–Crippen MR) is 104 cm³/mol. The molecule has 9 heteroatoms. The van der Waals surface area contributed by atoms with E-state index in [1.807, 2.05) is 20.8 Å². The fourth-order valence-electron chi connectivity index (χ4n) is 2.67. The predicted octanol–water partition coefficient (Wildman–Crippen LogP) is 3.97. The first-order valence-electron chi connectivity index (χ1n) is 8.01. The first-order chi connectivity index (χ1) is 12.1. The lowest BCUT2D eigenvalue weighted by molar-refractivity contribution is -0.127. The average molecular weight is 415 g/mol. The number of carbonyl (C=O) groups excluding carboxylic acids is 1. The minimum absolute atomic E-state index is 0.0659. The highest BCUT2D eigenvalue weighted by Crippen LogP contribution is 2.38. The van der Waals surface area contributed by atoms with Crippen LogP contribution in [-0.2, 0) is 14.8 Å². The van der Waals surface area contributed by atoms with Gasteiger partial charge in [-0.15, -0.1) is 11.3 Å². The molecule has 26 heavy (non-hydrogen) atoms. The van der Waals surface area contributed by atoms with Gasteiger partial charge in [-0.1, -0.05) is 11.6 Å². The van der Waals surface area contributed by atoms with Crippen molar-refractivity contribution in [1.82, 2.24) is 0 Å². The third kappa shape index (κ3) is 3.54. The first-order valence-corrected chi connectivity index (χ1v) is 10.7. The number of nitrogens with zero attached hydrogens (tertiary/aromatic N) is 1. The third-order valence-electron chi connectivity index (χ3n) is 4.04. The van der Waals surface area contributed by atoms with Crippen LogP contribution in [0, 0.1) is 5.41 Å². The zero-order valence-corrected chi connectivity index (χ0v) is 17.0. The number of sulfonamides is 1. The molecule has 2 heterocycles. The van der Waals surface area contributed by atoms with Crippen molar-refractivity contribution in [3.8, 4) is 5.75 Å². The van der Waals surface area contributed by atoms with E-state index in [2.05, 4.69) is 4.72 Å². The number of hydrogen-bond donors (Lipinski definition) is 1. The number of halogens is 1. The third-order valence-corrected chi connectivity index (χ3v) is 7.15. The minimum atomic E-state index is -3.75. The van der Waals surface area contributed by atoms with Gasteiger partial charge in [0.05, 0.1) is 21.1 Å². The van der Waals surface area contributed by atoms with Gasteiger partial charge in [-0.3, -0.25) is 9.52 Å². The van der Waals surface area contributed by atoms with Gasteiger partial charge in [-0.2, -0.15) is 0 Å². The Kier molecular flexibility index (Phi) is 4.94. The second-order valence-electron chi connectivity index (χ2n) is 6.57. The molecule has 140 valence electrons. The smallest absolute Gasteiger partial charge is 0.271 e. The summed E-state index contributed by atoms with van der Waals surface area (Å²) in [6.45, 7) is 6.24. The number of benzene rings is 1. The summed E-state index contributed by atoms with van der Waals surface area (Å²) < 4.78 is 33.8. The number of rotatable bonds is 4. The molecule has 3 rings (SSSR count). The topological polar surface area (TPSA) is 75.7 Å². The van der Waals surface area contributed by atoms with Crippen LogP contribution in [0.3, 0.4) is 0 Å². The normalized spacial score (nSPS) is 16.6. The average Bonchev–Trinajstić information content (AvgIpc) is 2.98. The lowest BCUT2D eigenvalue weighted by Gasteiger charge is -2.27. The summed E-state index contributed by atoms with van der Waals surface area (Å²) in [5.41, 5.74) is 0.234. The van der Waals surface area contributed by atoms with Gasteiger partial charge < -0.3 is 9.64 Å². The lowest BCUT2D eigenvalue weighted by Crippen LogP contribution is -2.42. The summed E-state index contributed by atoms with van der Waals surface area (Å²) in [4.78, 5) is 14.4. The molecule has 1 aromatic heterocycles. The molecule has 0 aliphatic carbocycles. The standard InChI is InChI=1S/C17H19ClN2O4S2/c1-4-20-12-9-11(19-26(22,23)15-8-7-14(18)25-15)5-6-13(12)24-10-17(2,3)16(20)21/h5-9,19H,4,10H2,1-3H3. The number of thiophene rings is 1. The highest BCUT2D eigenvalue weighted by atomic mass is 35.5. The molecule has 1 aliphatic heterocycles. The molecule has 0 radical (unpaired) electrons. The van der Waals surface area contributed by atoms with Crippen molar-refractivity contribution in [2.24, 2.45) is 5.41 Å². The van der Waals surface area contributed by atoms with Gasteiger partial charge in [0.25, 0.3) is 10.0 Å². The molecular formula is C17H19ClN2O4S2. The number of anilines is 2. The van der Waals surface area contributed by atoms with E-state index in [1.165, 1.54) is 12.1 Å². The molecule has 0 bridgehead atoms. The van der Waals surface area contributed by atoms with Crippen molar-refractivity contribution in [2.45, 2.75) is 25.0 Å². The van der Waals surface area contributed by atoms with Crippen molar-refractivity contribution < 1.29 is 17.9 Å². The van der Waals surface area contributed by atoms with E-state index in [0.29, 0.717) is 28.0 Å². The summed E-state index contributed by atoms with van der Waals surface area (Å²) in [6.07, 6.45) is 0. The Hall–Kier alpha value is -1.77. The van der Waals surface area contributed by atoms with E-state index in [1.54, 1.807) is 23.1 Å². The van der Waals surface area contributed by atoms with E-state index < -0.39 is 15.4 Å². The van der Waals surface area contributed by atoms with E-state index in [4.69, 9.17) is 16.3 Å². The number of ether oxygens (including phenoxy) is 1. The summed E-state index contributed by atoms with van der Waals surface area (Å²) in [7, 11) is -3.75. The Balaban J connectivity index is 1.97. The van der Waals surface area contributed by atoms with E-state index in [-0.39, 0.29) is 16.7 Å². The van der Waals surface area contributed by atoms with Crippen LogP contribution in [0.15, 0.2) is 34.5 Å². The highest BCUT2D eigenvalue weighted by Gasteiger charge is 2.37. The molecule has 0 fully saturated rings. The fourth-order valence-corrected chi connectivity index (χ4v) is 5.20. The lowest BCUT2D eigenvalue weighted by atomic mass is 9.93. The van der Waals surface area contributed by atoms with Crippen LogP contribution in [-0.4, -0.2) is 27.5 Å². The number of fused-ring (bicyclic) bond motifs is 1. The molecule has 0 unspecified atom stereocenters. The van der Waals surface area contributed by atoms with Crippen LogP contribution in [0.25, 0.3) is 0 Å². The monoisotopic (exact) mass is 414 g/mol. The molecular weight excluding hydrogens is 396 g/mol.